The van der Waals surface area contributed by atoms with E-state index in [4.69, 9.17) is 18.9 Å². The fraction of sp³-hybridized carbons (Fsp3) is 0.586. The first kappa shape index (κ1) is 29.4. The van der Waals surface area contributed by atoms with Crippen molar-refractivity contribution in [2.24, 2.45) is 0 Å². The quantitative estimate of drug-likeness (QED) is 0.197. The van der Waals surface area contributed by atoms with Crippen molar-refractivity contribution in [3.63, 3.8) is 0 Å². The SMILES string of the molecule is Cc1nc(-c2cc(C)c(OCCCc3cc(C(=O)NCCCCCCCCCCCO)no3)c(C)c2)no1. The van der Waals surface area contributed by atoms with Crippen LogP contribution in [0.3, 0.4) is 0 Å². The number of nitrogens with zero attached hydrogens (tertiary/aromatic N) is 3. The van der Waals surface area contributed by atoms with Gasteiger partial charge in [-0.2, -0.15) is 4.98 Å². The van der Waals surface area contributed by atoms with Crippen LogP contribution in [0.5, 0.6) is 5.75 Å². The predicted octanol–water partition coefficient (Wildman–Crippen LogP) is 5.89. The summed E-state index contributed by atoms with van der Waals surface area (Å²) in [5.74, 6) is 2.44. The first-order valence-electron chi connectivity index (χ1n) is 13.9. The van der Waals surface area contributed by atoms with Crippen molar-refractivity contribution in [1.82, 2.24) is 20.6 Å². The Hall–Kier alpha value is -3.20. The number of aromatic nitrogens is 3. The van der Waals surface area contributed by atoms with Crippen molar-refractivity contribution in [2.75, 3.05) is 19.8 Å². The molecule has 3 aromatic rings. The van der Waals surface area contributed by atoms with E-state index >= 15 is 0 Å². The Labute approximate surface area is 225 Å². The van der Waals surface area contributed by atoms with Crippen LogP contribution in [-0.4, -0.2) is 46.1 Å². The third kappa shape index (κ3) is 9.59. The van der Waals surface area contributed by atoms with E-state index in [1.165, 1.54) is 32.1 Å². The molecule has 0 bridgehead atoms. The molecule has 2 N–H and O–H groups in total. The predicted molar refractivity (Wildman–Crippen MR) is 145 cm³/mol. The molecule has 1 amide bonds. The monoisotopic (exact) mass is 526 g/mol. The van der Waals surface area contributed by atoms with E-state index in [2.05, 4.69) is 20.6 Å². The van der Waals surface area contributed by atoms with Crippen molar-refractivity contribution in [1.29, 1.82) is 0 Å². The van der Waals surface area contributed by atoms with Crippen molar-refractivity contribution in [3.05, 3.63) is 46.7 Å². The summed E-state index contributed by atoms with van der Waals surface area (Å²) >= 11 is 0. The molecule has 1 aromatic carbocycles. The molecule has 0 aliphatic carbocycles. The van der Waals surface area contributed by atoms with Crippen LogP contribution in [0.2, 0.25) is 0 Å². The molecule has 9 heteroatoms. The highest BCUT2D eigenvalue weighted by Gasteiger charge is 2.14. The first-order valence-corrected chi connectivity index (χ1v) is 13.9. The molecule has 3 rings (SSSR count). The summed E-state index contributed by atoms with van der Waals surface area (Å²) in [5.41, 5.74) is 3.24. The summed E-state index contributed by atoms with van der Waals surface area (Å²) in [6.45, 7) is 7.25. The number of amides is 1. The Morgan fingerprint density at radius 2 is 1.53 bits per heavy atom. The molecule has 0 aliphatic heterocycles. The van der Waals surface area contributed by atoms with Crippen molar-refractivity contribution >= 4 is 5.91 Å². The maximum Gasteiger partial charge on any atom is 0.273 e. The highest BCUT2D eigenvalue weighted by Crippen LogP contribution is 2.29. The van der Waals surface area contributed by atoms with Crippen molar-refractivity contribution in [2.45, 2.75) is 91.4 Å². The van der Waals surface area contributed by atoms with Crippen LogP contribution in [0.25, 0.3) is 11.4 Å². The Kier molecular flexibility index (Phi) is 12.3. The van der Waals surface area contributed by atoms with E-state index in [1.54, 1.807) is 13.0 Å². The number of rotatable bonds is 18. The zero-order valence-corrected chi connectivity index (χ0v) is 23.1. The van der Waals surface area contributed by atoms with Gasteiger partial charge < -0.3 is 24.2 Å². The van der Waals surface area contributed by atoms with Gasteiger partial charge in [-0.3, -0.25) is 4.79 Å². The van der Waals surface area contributed by atoms with Crippen LogP contribution in [-0.2, 0) is 6.42 Å². The fourth-order valence-corrected chi connectivity index (χ4v) is 4.45. The summed E-state index contributed by atoms with van der Waals surface area (Å²) in [5, 5.41) is 19.6. The molecule has 0 radical (unpaired) electrons. The van der Waals surface area contributed by atoms with E-state index in [0.717, 1.165) is 54.5 Å². The lowest BCUT2D eigenvalue weighted by molar-refractivity contribution is 0.0943. The third-order valence-electron chi connectivity index (χ3n) is 6.47. The molecule has 38 heavy (non-hydrogen) atoms. The molecule has 2 aromatic heterocycles. The summed E-state index contributed by atoms with van der Waals surface area (Å²) in [7, 11) is 0. The molecule has 2 heterocycles. The molecular formula is C29H42N4O5. The van der Waals surface area contributed by atoms with Crippen molar-refractivity contribution < 1.29 is 23.7 Å². The molecule has 9 nitrogen and oxygen atoms in total. The van der Waals surface area contributed by atoms with Gasteiger partial charge in [0.1, 0.15) is 11.5 Å². The van der Waals surface area contributed by atoms with Gasteiger partial charge in [0.25, 0.3) is 5.91 Å². The number of aliphatic hydroxyl groups is 1. The average Bonchev–Trinajstić information content (AvgIpc) is 3.55. The van der Waals surface area contributed by atoms with Gasteiger partial charge in [-0.05, 0) is 56.4 Å². The Morgan fingerprint density at radius 1 is 0.868 bits per heavy atom. The lowest BCUT2D eigenvalue weighted by atomic mass is 10.1. The second-order valence-electron chi connectivity index (χ2n) is 9.87. The minimum atomic E-state index is -0.191. The minimum Gasteiger partial charge on any atom is -0.493 e. The Bertz CT molecular complexity index is 1100. The molecule has 0 fully saturated rings. The number of aryl methyl sites for hydroxylation is 4. The largest absolute Gasteiger partial charge is 0.493 e. The number of aliphatic hydroxyl groups excluding tert-OH is 1. The molecule has 0 saturated heterocycles. The van der Waals surface area contributed by atoms with Gasteiger partial charge in [0.15, 0.2) is 5.69 Å². The van der Waals surface area contributed by atoms with E-state index in [1.807, 2.05) is 26.0 Å². The zero-order chi connectivity index (χ0) is 27.2. The van der Waals surface area contributed by atoms with E-state index in [0.29, 0.717) is 49.3 Å². The topological polar surface area (TPSA) is 124 Å². The smallest absolute Gasteiger partial charge is 0.273 e. The summed E-state index contributed by atoms with van der Waals surface area (Å²) in [6, 6.07) is 5.71. The molecule has 0 aliphatic rings. The molecule has 0 spiro atoms. The number of nitrogens with one attached hydrogen (secondary N) is 1. The maximum atomic E-state index is 12.3. The van der Waals surface area contributed by atoms with E-state index in [9.17, 15) is 4.79 Å². The molecular weight excluding hydrogens is 484 g/mol. The van der Waals surface area contributed by atoms with Crippen LogP contribution in [0, 0.1) is 20.8 Å². The second kappa shape index (κ2) is 15.9. The normalized spacial score (nSPS) is 11.2. The third-order valence-corrected chi connectivity index (χ3v) is 6.47. The summed E-state index contributed by atoms with van der Waals surface area (Å²) in [6.07, 6.45) is 11.6. The zero-order valence-electron chi connectivity index (χ0n) is 23.1. The number of benzene rings is 1. The number of ether oxygens (including phenoxy) is 1. The van der Waals surface area contributed by atoms with Crippen LogP contribution in [0.4, 0.5) is 0 Å². The van der Waals surface area contributed by atoms with Crippen molar-refractivity contribution in [3.8, 4) is 17.1 Å². The number of hydrogen-bond donors (Lipinski definition) is 2. The summed E-state index contributed by atoms with van der Waals surface area (Å²) in [4.78, 5) is 16.6. The lowest BCUT2D eigenvalue weighted by Gasteiger charge is -2.13. The number of unbranched alkanes of at least 4 members (excludes halogenated alkanes) is 8. The average molecular weight is 527 g/mol. The van der Waals surface area contributed by atoms with Gasteiger partial charge in [-0.25, -0.2) is 0 Å². The molecule has 0 atom stereocenters. The maximum absolute atomic E-state index is 12.3. The van der Waals surface area contributed by atoms with Gasteiger partial charge in [0.2, 0.25) is 11.7 Å². The number of carbonyl (C=O) groups excluding carboxylic acids is 1. The lowest BCUT2D eigenvalue weighted by Crippen LogP contribution is -2.24. The van der Waals surface area contributed by atoms with Gasteiger partial charge in [0, 0.05) is 38.1 Å². The highest BCUT2D eigenvalue weighted by atomic mass is 16.5. The van der Waals surface area contributed by atoms with Gasteiger partial charge in [-0.15, -0.1) is 0 Å². The highest BCUT2D eigenvalue weighted by molar-refractivity contribution is 5.92. The Morgan fingerprint density at radius 3 is 2.16 bits per heavy atom. The molecule has 0 unspecified atom stereocenters. The first-order chi connectivity index (χ1) is 18.5. The van der Waals surface area contributed by atoms with Crippen LogP contribution >= 0.6 is 0 Å². The van der Waals surface area contributed by atoms with E-state index < -0.39 is 0 Å². The van der Waals surface area contributed by atoms with Crippen LogP contribution < -0.4 is 10.1 Å². The second-order valence-corrected chi connectivity index (χ2v) is 9.87. The Balaban J connectivity index is 1.30. The van der Waals surface area contributed by atoms with Gasteiger partial charge >= 0.3 is 0 Å². The van der Waals surface area contributed by atoms with Crippen LogP contribution in [0.1, 0.15) is 97.5 Å². The standard InChI is InChI=1S/C29H42N4O5/c1-21-18-24(28-31-23(3)37-33-28)19-22(2)27(21)36-17-13-14-25-20-26(32-38-25)29(35)30-15-11-9-7-5-4-6-8-10-12-16-34/h18-20,34H,4-17H2,1-3H3,(H,30,35). The number of hydrogen-bond acceptors (Lipinski definition) is 8. The number of carbonyl (C=O) groups is 1. The minimum absolute atomic E-state index is 0.191. The van der Waals surface area contributed by atoms with Crippen LogP contribution in [0.15, 0.2) is 27.2 Å². The molecule has 208 valence electrons. The van der Waals surface area contributed by atoms with E-state index in [-0.39, 0.29) is 5.91 Å². The summed E-state index contributed by atoms with van der Waals surface area (Å²) < 4.78 is 16.5. The molecule has 0 saturated carbocycles. The van der Waals surface area contributed by atoms with Gasteiger partial charge in [0.05, 0.1) is 6.61 Å². The van der Waals surface area contributed by atoms with Gasteiger partial charge in [-0.1, -0.05) is 55.3 Å². The fourth-order valence-electron chi connectivity index (χ4n) is 4.45.